The number of nitrogens with zero attached hydrogens (tertiary/aromatic N) is 2. The monoisotopic (exact) mass is 436 g/mol. The fourth-order valence-corrected chi connectivity index (χ4v) is 2.71. The molecule has 1 fully saturated rings. The van der Waals surface area contributed by atoms with E-state index in [0.29, 0.717) is 0 Å². The Morgan fingerprint density at radius 2 is 1.55 bits per heavy atom. The van der Waals surface area contributed by atoms with Gasteiger partial charge < -0.3 is 14.0 Å². The van der Waals surface area contributed by atoms with Crippen molar-refractivity contribution in [2.24, 2.45) is 0 Å². The largest absolute Gasteiger partial charge is 0.458 e. The smallest absolute Gasteiger partial charge is 0.356 e. The lowest BCUT2D eigenvalue weighted by molar-refractivity contribution is -0.291. The molecule has 0 radical (unpaired) electrons. The molecule has 29 heavy (non-hydrogen) atoms. The van der Waals surface area contributed by atoms with Crippen LogP contribution in [-0.2, 0) is 21.6 Å². The number of halogens is 9. The van der Waals surface area contributed by atoms with Gasteiger partial charge in [-0.05, 0) is 6.92 Å². The predicted molar refractivity (Wildman–Crippen MR) is 74.0 cm³/mol. The van der Waals surface area contributed by atoms with E-state index in [4.69, 9.17) is 9.47 Å². The van der Waals surface area contributed by atoms with Crippen molar-refractivity contribution in [2.45, 2.75) is 31.5 Å². The summed E-state index contributed by atoms with van der Waals surface area (Å²) in [6.07, 6.45) is -14.2. The number of aryl methyl sites for hydroxylation is 1. The molecule has 3 heterocycles. The first-order valence-electron chi connectivity index (χ1n) is 7.67. The zero-order valence-electron chi connectivity index (χ0n) is 14.1. The van der Waals surface area contributed by atoms with E-state index in [1.807, 2.05) is 0 Å². The van der Waals surface area contributed by atoms with Gasteiger partial charge >= 0.3 is 18.3 Å². The minimum Gasteiger partial charge on any atom is -0.356 e. The maximum absolute atomic E-state index is 14.3. The summed E-state index contributed by atoms with van der Waals surface area (Å²) in [5, 5.41) is 3.27. The first kappa shape index (κ1) is 21.4. The zero-order chi connectivity index (χ0) is 21.8. The predicted octanol–water partition coefficient (Wildman–Crippen LogP) is 4.90. The number of hydrogen-bond donors (Lipinski definition) is 0. The summed E-state index contributed by atoms with van der Waals surface area (Å²) in [5.41, 5.74) is -8.18. The van der Waals surface area contributed by atoms with Crippen LogP contribution in [0, 0.1) is 12.9 Å². The molecule has 0 spiro atoms. The summed E-state index contributed by atoms with van der Waals surface area (Å²) in [6, 6.07) is 0.795. The van der Waals surface area contributed by atoms with Crippen LogP contribution in [0.4, 0.5) is 39.5 Å². The van der Waals surface area contributed by atoms with Crippen molar-refractivity contribution in [3.63, 3.8) is 0 Å². The number of pyridine rings is 1. The average Bonchev–Trinajstić information content (AvgIpc) is 3.23. The zero-order valence-corrected chi connectivity index (χ0v) is 14.1. The van der Waals surface area contributed by atoms with Crippen molar-refractivity contribution < 1.29 is 53.5 Å². The Morgan fingerprint density at radius 3 is 2.00 bits per heavy atom. The molecule has 0 saturated carbocycles. The van der Waals surface area contributed by atoms with Gasteiger partial charge in [0.1, 0.15) is 11.3 Å². The third-order valence-electron chi connectivity index (χ3n) is 3.85. The Balaban J connectivity index is 2.49. The SMILES string of the molecule is Cc1cc(-c2c(C3OCCO3)nc(F)c(C(F)(F)F)c2C(F)(F)C(F)(F)F)on1. The van der Waals surface area contributed by atoms with Gasteiger partial charge in [0.25, 0.3) is 0 Å². The molecule has 0 bridgehead atoms. The lowest BCUT2D eigenvalue weighted by Gasteiger charge is -2.27. The van der Waals surface area contributed by atoms with Crippen LogP contribution in [0.25, 0.3) is 11.3 Å². The van der Waals surface area contributed by atoms with E-state index >= 15 is 0 Å². The Labute approximate surface area is 155 Å². The Kier molecular flexibility index (Phi) is 5.06. The van der Waals surface area contributed by atoms with E-state index in [2.05, 4.69) is 14.7 Å². The molecule has 2 aromatic rings. The standard InChI is InChI=1S/C15H9F9N2O3/c1-5-4-6(29-26-5)7-8(13(17,18)15(22,23)24)9(14(19,20)21)11(16)25-10(7)12-27-2-3-28-12/h4,12H,2-3H2,1H3. The van der Waals surface area contributed by atoms with Gasteiger partial charge in [-0.1, -0.05) is 5.16 Å². The summed E-state index contributed by atoms with van der Waals surface area (Å²) in [6.45, 7) is 0.863. The Hall–Kier alpha value is -2.35. The van der Waals surface area contributed by atoms with Crippen LogP contribution in [-0.4, -0.2) is 29.5 Å². The highest BCUT2D eigenvalue weighted by atomic mass is 19.4. The molecule has 5 nitrogen and oxygen atoms in total. The van der Waals surface area contributed by atoms with Gasteiger partial charge in [-0.2, -0.15) is 39.5 Å². The second-order valence-electron chi connectivity index (χ2n) is 5.89. The maximum Gasteiger partial charge on any atom is 0.458 e. The highest BCUT2D eigenvalue weighted by Gasteiger charge is 2.64. The van der Waals surface area contributed by atoms with Gasteiger partial charge in [0.15, 0.2) is 5.76 Å². The molecule has 0 atom stereocenters. The molecule has 1 aliphatic heterocycles. The van der Waals surface area contributed by atoms with E-state index in [0.717, 1.165) is 6.07 Å². The summed E-state index contributed by atoms with van der Waals surface area (Å²) < 4.78 is 136. The van der Waals surface area contributed by atoms with Gasteiger partial charge in [0, 0.05) is 6.07 Å². The molecule has 14 heteroatoms. The lowest BCUT2D eigenvalue weighted by atomic mass is 9.92. The third-order valence-corrected chi connectivity index (χ3v) is 3.85. The van der Waals surface area contributed by atoms with Crippen molar-refractivity contribution in [1.82, 2.24) is 10.1 Å². The van der Waals surface area contributed by atoms with Gasteiger partial charge in [0.05, 0.1) is 30.0 Å². The highest BCUT2D eigenvalue weighted by molar-refractivity contribution is 5.69. The molecule has 0 unspecified atom stereocenters. The van der Waals surface area contributed by atoms with E-state index in [-0.39, 0.29) is 18.9 Å². The lowest BCUT2D eigenvalue weighted by Crippen LogP contribution is -2.37. The Morgan fingerprint density at radius 1 is 0.966 bits per heavy atom. The van der Waals surface area contributed by atoms with Crippen molar-refractivity contribution in [2.75, 3.05) is 13.2 Å². The molecule has 0 N–H and O–H groups in total. The van der Waals surface area contributed by atoms with Crippen LogP contribution in [0.5, 0.6) is 0 Å². The molecule has 160 valence electrons. The molecule has 2 aromatic heterocycles. The number of ether oxygens (including phenoxy) is 2. The summed E-state index contributed by atoms with van der Waals surface area (Å²) in [5.74, 6) is -9.65. The molecule has 0 amide bonds. The van der Waals surface area contributed by atoms with Crippen molar-refractivity contribution >= 4 is 0 Å². The van der Waals surface area contributed by atoms with E-state index in [9.17, 15) is 39.5 Å². The topological polar surface area (TPSA) is 57.4 Å². The van der Waals surface area contributed by atoms with Gasteiger partial charge in [-0.25, -0.2) is 4.98 Å². The number of alkyl halides is 8. The fourth-order valence-electron chi connectivity index (χ4n) is 2.71. The van der Waals surface area contributed by atoms with Gasteiger partial charge in [-0.15, -0.1) is 0 Å². The minimum atomic E-state index is -6.50. The van der Waals surface area contributed by atoms with E-state index < -0.39 is 58.7 Å². The molecular weight excluding hydrogens is 427 g/mol. The first-order valence-corrected chi connectivity index (χ1v) is 7.67. The molecule has 0 aliphatic carbocycles. The second-order valence-corrected chi connectivity index (χ2v) is 5.89. The number of aromatic nitrogens is 2. The van der Waals surface area contributed by atoms with Crippen LogP contribution in [0.2, 0.25) is 0 Å². The summed E-state index contributed by atoms with van der Waals surface area (Å²) >= 11 is 0. The molecule has 0 aromatic carbocycles. The normalized spacial score (nSPS) is 16.6. The van der Waals surface area contributed by atoms with Crippen LogP contribution < -0.4 is 0 Å². The van der Waals surface area contributed by atoms with Crippen molar-refractivity contribution in [3.8, 4) is 11.3 Å². The average molecular weight is 436 g/mol. The second kappa shape index (κ2) is 6.86. The summed E-state index contributed by atoms with van der Waals surface area (Å²) in [4.78, 5) is 2.94. The van der Waals surface area contributed by atoms with Crippen LogP contribution >= 0.6 is 0 Å². The van der Waals surface area contributed by atoms with Gasteiger partial charge in [0.2, 0.25) is 12.2 Å². The molecule has 3 rings (SSSR count). The minimum absolute atomic E-state index is 0.0571. The highest BCUT2D eigenvalue weighted by Crippen LogP contribution is 2.53. The van der Waals surface area contributed by atoms with Crippen LogP contribution in [0.1, 0.15) is 28.8 Å². The molecular formula is C15H9F9N2O3. The van der Waals surface area contributed by atoms with E-state index in [1.165, 1.54) is 6.92 Å². The number of rotatable bonds is 3. The van der Waals surface area contributed by atoms with Crippen LogP contribution in [0.15, 0.2) is 10.6 Å². The first-order chi connectivity index (χ1) is 13.2. The van der Waals surface area contributed by atoms with Gasteiger partial charge in [-0.3, -0.25) is 0 Å². The maximum atomic E-state index is 14.3. The van der Waals surface area contributed by atoms with Crippen molar-refractivity contribution in [3.05, 3.63) is 34.5 Å². The van der Waals surface area contributed by atoms with Crippen LogP contribution in [0.3, 0.4) is 0 Å². The third kappa shape index (κ3) is 3.66. The molecule has 1 saturated heterocycles. The number of hydrogen-bond acceptors (Lipinski definition) is 5. The summed E-state index contributed by atoms with van der Waals surface area (Å²) in [7, 11) is 0. The Bertz CT molecular complexity index is 915. The molecule has 1 aliphatic rings. The fraction of sp³-hybridized carbons (Fsp3) is 0.467. The quantitative estimate of drug-likeness (QED) is 0.506. The van der Waals surface area contributed by atoms with Crippen molar-refractivity contribution in [1.29, 1.82) is 0 Å². The van der Waals surface area contributed by atoms with E-state index in [1.54, 1.807) is 0 Å².